The maximum Gasteiger partial charge on any atom is 0.227 e. The number of amides is 1. The van der Waals surface area contributed by atoms with Crippen LogP contribution in [0.1, 0.15) is 52.0 Å². The van der Waals surface area contributed by atoms with Crippen molar-refractivity contribution in [3.63, 3.8) is 0 Å². The van der Waals surface area contributed by atoms with E-state index in [9.17, 15) is 4.79 Å². The van der Waals surface area contributed by atoms with Crippen molar-refractivity contribution in [2.45, 2.75) is 51.9 Å². The molecular formula is C21H35ClN2O3. The molecule has 0 aliphatic carbocycles. The van der Waals surface area contributed by atoms with Gasteiger partial charge in [-0.05, 0) is 50.3 Å². The average molecular weight is 399 g/mol. The fourth-order valence-electron chi connectivity index (χ4n) is 3.79. The van der Waals surface area contributed by atoms with Crippen molar-refractivity contribution in [1.82, 2.24) is 5.32 Å². The first-order valence-corrected chi connectivity index (χ1v) is 9.85. The zero-order valence-electron chi connectivity index (χ0n) is 16.9. The van der Waals surface area contributed by atoms with Crippen LogP contribution in [0.2, 0.25) is 0 Å². The predicted molar refractivity (Wildman–Crippen MR) is 112 cm³/mol. The Labute approximate surface area is 169 Å². The van der Waals surface area contributed by atoms with Crippen molar-refractivity contribution in [2.24, 2.45) is 11.1 Å². The molecule has 1 aliphatic rings. The molecule has 1 fully saturated rings. The van der Waals surface area contributed by atoms with Crippen LogP contribution in [0.5, 0.6) is 5.75 Å². The number of halogens is 1. The normalized spacial score (nSPS) is 16.3. The zero-order chi connectivity index (χ0) is 19.0. The third-order valence-electron chi connectivity index (χ3n) is 6.04. The van der Waals surface area contributed by atoms with Crippen LogP contribution in [0.4, 0.5) is 0 Å². The average Bonchev–Trinajstić information content (AvgIpc) is 2.70. The molecule has 0 saturated carbocycles. The monoisotopic (exact) mass is 398 g/mol. The van der Waals surface area contributed by atoms with Crippen LogP contribution in [-0.4, -0.2) is 38.8 Å². The molecule has 0 aromatic heterocycles. The molecule has 3 N–H and O–H groups in total. The van der Waals surface area contributed by atoms with Gasteiger partial charge in [0.25, 0.3) is 0 Å². The van der Waals surface area contributed by atoms with Crippen LogP contribution in [-0.2, 0) is 14.9 Å². The van der Waals surface area contributed by atoms with E-state index < -0.39 is 5.41 Å². The Morgan fingerprint density at radius 1 is 1.19 bits per heavy atom. The first-order chi connectivity index (χ1) is 12.6. The number of benzene rings is 1. The number of rotatable bonds is 9. The van der Waals surface area contributed by atoms with Gasteiger partial charge in [-0.2, -0.15) is 0 Å². The molecule has 6 heteroatoms. The molecule has 1 saturated heterocycles. The number of nitrogens with one attached hydrogen (secondary N) is 1. The van der Waals surface area contributed by atoms with Gasteiger partial charge in [0, 0.05) is 31.7 Å². The Bertz CT molecular complexity index is 559. The topological polar surface area (TPSA) is 73.6 Å². The first kappa shape index (κ1) is 23.7. The molecule has 154 valence electrons. The number of hydrogen-bond donors (Lipinski definition) is 2. The lowest BCUT2D eigenvalue weighted by Crippen LogP contribution is -2.51. The summed E-state index contributed by atoms with van der Waals surface area (Å²) in [6.45, 7) is 9.13. The highest BCUT2D eigenvalue weighted by Gasteiger charge is 2.38. The summed E-state index contributed by atoms with van der Waals surface area (Å²) in [5.74, 6) is 0.948. The number of carbonyl (C=O) groups excluding carboxylic acids is 1. The molecule has 27 heavy (non-hydrogen) atoms. The lowest BCUT2D eigenvalue weighted by Gasteiger charge is -2.39. The summed E-state index contributed by atoms with van der Waals surface area (Å²) < 4.78 is 11.1. The fourth-order valence-corrected chi connectivity index (χ4v) is 3.79. The molecule has 1 heterocycles. The van der Waals surface area contributed by atoms with Gasteiger partial charge in [-0.25, -0.2) is 0 Å². The first-order valence-electron chi connectivity index (χ1n) is 9.85. The summed E-state index contributed by atoms with van der Waals surface area (Å²) in [6.07, 6.45) is 3.31. The number of nitrogens with two attached hydrogens (primary N) is 1. The molecule has 5 nitrogen and oxygen atoms in total. The maximum atomic E-state index is 12.9. The van der Waals surface area contributed by atoms with Gasteiger partial charge in [0.1, 0.15) is 5.75 Å². The Kier molecular flexibility index (Phi) is 9.57. The molecule has 0 radical (unpaired) electrons. The van der Waals surface area contributed by atoms with Crippen LogP contribution < -0.4 is 15.8 Å². The van der Waals surface area contributed by atoms with Crippen molar-refractivity contribution in [1.29, 1.82) is 0 Å². The van der Waals surface area contributed by atoms with Crippen molar-refractivity contribution in [2.75, 3.05) is 32.9 Å². The summed E-state index contributed by atoms with van der Waals surface area (Å²) >= 11 is 0. The molecule has 1 aromatic rings. The lowest BCUT2D eigenvalue weighted by atomic mass is 9.73. The smallest absolute Gasteiger partial charge is 0.227 e. The van der Waals surface area contributed by atoms with Gasteiger partial charge in [-0.1, -0.05) is 26.0 Å². The van der Waals surface area contributed by atoms with E-state index in [-0.39, 0.29) is 23.7 Å². The fraction of sp³-hybridized carbons (Fsp3) is 0.667. The maximum absolute atomic E-state index is 12.9. The molecule has 0 bridgehead atoms. The van der Waals surface area contributed by atoms with Gasteiger partial charge >= 0.3 is 0 Å². The van der Waals surface area contributed by atoms with E-state index in [1.165, 1.54) is 5.56 Å². The minimum Gasteiger partial charge on any atom is -0.494 e. The molecule has 2 rings (SSSR count). The third-order valence-corrected chi connectivity index (χ3v) is 6.04. The molecule has 0 atom stereocenters. The van der Waals surface area contributed by atoms with Crippen molar-refractivity contribution in [3.05, 3.63) is 29.8 Å². The van der Waals surface area contributed by atoms with E-state index >= 15 is 0 Å². The highest BCUT2D eigenvalue weighted by Crippen LogP contribution is 2.36. The Morgan fingerprint density at radius 2 is 1.78 bits per heavy atom. The van der Waals surface area contributed by atoms with E-state index in [0.717, 1.165) is 31.4 Å². The summed E-state index contributed by atoms with van der Waals surface area (Å²) in [6, 6.07) is 8.27. The second kappa shape index (κ2) is 10.9. The van der Waals surface area contributed by atoms with Gasteiger partial charge in [0.2, 0.25) is 5.91 Å². The van der Waals surface area contributed by atoms with E-state index in [0.29, 0.717) is 32.9 Å². The van der Waals surface area contributed by atoms with Crippen molar-refractivity contribution in [3.8, 4) is 5.75 Å². The van der Waals surface area contributed by atoms with Gasteiger partial charge in [-0.3, -0.25) is 4.79 Å². The van der Waals surface area contributed by atoms with Crippen LogP contribution in [0.25, 0.3) is 0 Å². The van der Waals surface area contributed by atoms with Crippen molar-refractivity contribution >= 4 is 18.3 Å². The lowest BCUT2D eigenvalue weighted by molar-refractivity contribution is -0.131. The van der Waals surface area contributed by atoms with Crippen molar-refractivity contribution < 1.29 is 14.3 Å². The van der Waals surface area contributed by atoms with E-state index in [4.69, 9.17) is 15.2 Å². The quantitative estimate of drug-likeness (QED) is 0.668. The summed E-state index contributed by atoms with van der Waals surface area (Å²) in [4.78, 5) is 12.9. The number of ether oxygens (including phenoxy) is 2. The summed E-state index contributed by atoms with van der Waals surface area (Å²) in [5, 5.41) is 3.22. The summed E-state index contributed by atoms with van der Waals surface area (Å²) in [7, 11) is 0. The molecule has 0 spiro atoms. The zero-order valence-corrected chi connectivity index (χ0v) is 17.7. The molecule has 1 aliphatic heterocycles. The van der Waals surface area contributed by atoms with Gasteiger partial charge < -0.3 is 20.5 Å². The Hall–Kier alpha value is -1.30. The van der Waals surface area contributed by atoms with E-state index in [1.807, 2.05) is 32.9 Å². The van der Waals surface area contributed by atoms with Crippen LogP contribution >= 0.6 is 12.4 Å². The second-order valence-electron chi connectivity index (χ2n) is 7.22. The molecule has 0 unspecified atom stereocenters. The largest absolute Gasteiger partial charge is 0.494 e. The van der Waals surface area contributed by atoms with Crippen LogP contribution in [0, 0.1) is 5.41 Å². The highest BCUT2D eigenvalue weighted by molar-refractivity contribution is 5.85. The predicted octanol–water partition coefficient (Wildman–Crippen LogP) is 3.44. The molecular weight excluding hydrogens is 364 g/mol. The van der Waals surface area contributed by atoms with Gasteiger partial charge in [-0.15, -0.1) is 12.4 Å². The van der Waals surface area contributed by atoms with E-state index in [2.05, 4.69) is 17.4 Å². The third kappa shape index (κ3) is 5.37. The molecule has 1 aromatic carbocycles. The Balaban J connectivity index is 0.00000364. The van der Waals surface area contributed by atoms with Crippen LogP contribution in [0.3, 0.4) is 0 Å². The highest BCUT2D eigenvalue weighted by atomic mass is 35.5. The Morgan fingerprint density at radius 3 is 2.26 bits per heavy atom. The summed E-state index contributed by atoms with van der Waals surface area (Å²) in [5.41, 5.74) is 6.60. The second-order valence-corrected chi connectivity index (χ2v) is 7.22. The van der Waals surface area contributed by atoms with Gasteiger partial charge in [0.15, 0.2) is 0 Å². The molecule has 1 amide bonds. The van der Waals surface area contributed by atoms with E-state index in [1.54, 1.807) is 0 Å². The number of hydrogen-bond acceptors (Lipinski definition) is 4. The minimum absolute atomic E-state index is 0. The number of carbonyl (C=O) groups is 1. The minimum atomic E-state index is -0.467. The van der Waals surface area contributed by atoms with Gasteiger partial charge in [0.05, 0.1) is 12.0 Å². The SMILES string of the molecule is CCOc1ccc(C2(CNC(=O)C(CC)(CC)CN)CCOCC2)cc1.Cl. The van der Waals surface area contributed by atoms with Crippen LogP contribution in [0.15, 0.2) is 24.3 Å². The standard InChI is InChI=1S/C21H34N2O3.ClH/c1-4-20(5-2,15-22)19(24)23-16-21(11-13-25-14-12-21)17-7-9-18(10-8-17)26-6-3;/h7-10H,4-6,11-16,22H2,1-3H3,(H,23,24);1H.